The van der Waals surface area contributed by atoms with E-state index in [1.165, 1.54) is 7.11 Å². The van der Waals surface area contributed by atoms with E-state index in [-0.39, 0.29) is 0 Å². The van der Waals surface area contributed by atoms with Crippen LogP contribution in [0.15, 0.2) is 34.8 Å². The molecule has 0 aliphatic heterocycles. The minimum Gasteiger partial charge on any atom is -0.495 e. The second-order valence-electron chi connectivity index (χ2n) is 4.39. The Labute approximate surface area is 146 Å². The fourth-order valence-electron chi connectivity index (χ4n) is 1.81. The Balaban J connectivity index is 2.18. The van der Waals surface area contributed by atoms with Gasteiger partial charge in [0.15, 0.2) is 0 Å². The lowest BCUT2D eigenvalue weighted by Crippen LogP contribution is -2.18. The molecule has 2 aromatic rings. The molecule has 0 saturated carbocycles. The quantitative estimate of drug-likeness (QED) is 0.715. The lowest BCUT2D eigenvalue weighted by atomic mass is 10.2. The molecule has 2 aromatic carbocycles. The summed E-state index contributed by atoms with van der Waals surface area (Å²) in [4.78, 5) is 12.0. The molecule has 22 heavy (non-hydrogen) atoms. The van der Waals surface area contributed by atoms with E-state index >= 15 is 0 Å². The van der Waals surface area contributed by atoms with Gasteiger partial charge in [0, 0.05) is 16.1 Å². The summed E-state index contributed by atoms with van der Waals surface area (Å²) in [6, 6.07) is 8.23. The fraction of sp³-hybridized carbons (Fsp3) is 0.133. The first-order chi connectivity index (χ1) is 10.4. The largest absolute Gasteiger partial charge is 0.495 e. The number of amides is 1. The van der Waals surface area contributed by atoms with Crippen LogP contribution in [-0.4, -0.2) is 13.2 Å². The van der Waals surface area contributed by atoms with E-state index in [1.54, 1.807) is 37.3 Å². The molecule has 0 spiro atoms. The van der Waals surface area contributed by atoms with Gasteiger partial charge in [-0.05, 0) is 52.7 Å². The zero-order valence-electron chi connectivity index (χ0n) is 11.7. The SMILES string of the molecule is COc1cc(Cl)ccc1NC(=O)Oc1c(C)cc(Cl)cc1Br. The van der Waals surface area contributed by atoms with Gasteiger partial charge < -0.3 is 9.47 Å². The first-order valence-corrected chi connectivity index (χ1v) is 7.73. The summed E-state index contributed by atoms with van der Waals surface area (Å²) in [6.07, 6.45) is -0.647. The van der Waals surface area contributed by atoms with E-state index in [0.717, 1.165) is 5.56 Å². The van der Waals surface area contributed by atoms with Crippen molar-refractivity contribution < 1.29 is 14.3 Å². The molecule has 2 rings (SSSR count). The predicted molar refractivity (Wildman–Crippen MR) is 91.5 cm³/mol. The number of hydrogen-bond acceptors (Lipinski definition) is 3. The number of ether oxygens (including phenoxy) is 2. The number of rotatable bonds is 3. The van der Waals surface area contributed by atoms with Crippen molar-refractivity contribution in [2.45, 2.75) is 6.92 Å². The average molecular weight is 405 g/mol. The van der Waals surface area contributed by atoms with Gasteiger partial charge in [-0.25, -0.2) is 4.79 Å². The van der Waals surface area contributed by atoms with Crippen LogP contribution in [0.5, 0.6) is 11.5 Å². The van der Waals surface area contributed by atoms with Crippen LogP contribution in [0.2, 0.25) is 10.0 Å². The van der Waals surface area contributed by atoms with E-state index in [1.807, 2.05) is 0 Å². The van der Waals surface area contributed by atoms with Crippen LogP contribution in [0.25, 0.3) is 0 Å². The highest BCUT2D eigenvalue weighted by molar-refractivity contribution is 9.10. The maximum absolute atomic E-state index is 12.0. The third-order valence-corrected chi connectivity index (χ3v) is 3.83. The number of anilines is 1. The van der Waals surface area contributed by atoms with Gasteiger partial charge in [0.05, 0.1) is 17.3 Å². The highest BCUT2D eigenvalue weighted by Crippen LogP contribution is 2.33. The van der Waals surface area contributed by atoms with E-state index in [4.69, 9.17) is 32.7 Å². The number of benzene rings is 2. The Morgan fingerprint density at radius 3 is 2.55 bits per heavy atom. The monoisotopic (exact) mass is 403 g/mol. The lowest BCUT2D eigenvalue weighted by Gasteiger charge is -2.13. The highest BCUT2D eigenvalue weighted by atomic mass is 79.9. The Morgan fingerprint density at radius 1 is 1.18 bits per heavy atom. The third kappa shape index (κ3) is 4.06. The van der Waals surface area contributed by atoms with Gasteiger partial charge in [-0.3, -0.25) is 5.32 Å². The highest BCUT2D eigenvalue weighted by Gasteiger charge is 2.14. The Hall–Kier alpha value is -1.43. The molecule has 0 aliphatic rings. The van der Waals surface area contributed by atoms with Gasteiger partial charge in [-0.2, -0.15) is 0 Å². The van der Waals surface area contributed by atoms with Crippen molar-refractivity contribution in [3.05, 3.63) is 50.4 Å². The van der Waals surface area contributed by atoms with Crippen molar-refractivity contribution in [2.24, 2.45) is 0 Å². The van der Waals surface area contributed by atoms with Crippen molar-refractivity contribution in [3.8, 4) is 11.5 Å². The molecule has 4 nitrogen and oxygen atoms in total. The molecule has 0 aliphatic carbocycles. The van der Waals surface area contributed by atoms with Crippen LogP contribution in [0, 0.1) is 6.92 Å². The predicted octanol–water partition coefficient (Wildman–Crippen LogP) is 5.68. The van der Waals surface area contributed by atoms with Crippen LogP contribution in [0.4, 0.5) is 10.5 Å². The minimum absolute atomic E-state index is 0.398. The van der Waals surface area contributed by atoms with Gasteiger partial charge in [0.1, 0.15) is 11.5 Å². The van der Waals surface area contributed by atoms with Gasteiger partial charge in [0.25, 0.3) is 0 Å². The normalized spacial score (nSPS) is 10.2. The van der Waals surface area contributed by atoms with Gasteiger partial charge in [-0.1, -0.05) is 23.2 Å². The molecule has 0 heterocycles. The molecule has 0 fully saturated rings. The number of carbonyl (C=O) groups is 1. The zero-order valence-corrected chi connectivity index (χ0v) is 14.8. The maximum atomic E-state index is 12.0. The van der Waals surface area contributed by atoms with Crippen molar-refractivity contribution in [1.29, 1.82) is 0 Å². The zero-order chi connectivity index (χ0) is 16.3. The average Bonchev–Trinajstić information content (AvgIpc) is 2.44. The molecule has 7 heteroatoms. The lowest BCUT2D eigenvalue weighted by molar-refractivity contribution is 0.214. The van der Waals surface area contributed by atoms with Crippen molar-refractivity contribution >= 4 is 50.9 Å². The first-order valence-electron chi connectivity index (χ1n) is 6.18. The summed E-state index contributed by atoms with van der Waals surface area (Å²) >= 11 is 15.1. The molecule has 1 amide bonds. The Kier molecular flexibility index (Phi) is 5.56. The molecule has 0 saturated heterocycles. The number of methoxy groups -OCH3 is 1. The summed E-state index contributed by atoms with van der Waals surface area (Å²) in [5, 5.41) is 3.67. The van der Waals surface area contributed by atoms with Gasteiger partial charge >= 0.3 is 6.09 Å². The Morgan fingerprint density at radius 2 is 1.91 bits per heavy atom. The summed E-state index contributed by atoms with van der Waals surface area (Å²) in [5.74, 6) is 0.839. The van der Waals surface area contributed by atoms with Crippen LogP contribution in [0.1, 0.15) is 5.56 Å². The summed E-state index contributed by atoms with van der Waals surface area (Å²) in [7, 11) is 1.49. The van der Waals surface area contributed by atoms with Crippen molar-refractivity contribution in [2.75, 3.05) is 12.4 Å². The molecular formula is C15H12BrCl2NO3. The number of aryl methyl sites for hydroxylation is 1. The molecular weight excluding hydrogens is 393 g/mol. The number of hydrogen-bond donors (Lipinski definition) is 1. The molecule has 0 radical (unpaired) electrons. The van der Waals surface area contributed by atoms with E-state index < -0.39 is 6.09 Å². The maximum Gasteiger partial charge on any atom is 0.417 e. The first kappa shape index (κ1) is 16.9. The molecule has 0 atom stereocenters. The van der Waals surface area contributed by atoms with Crippen molar-refractivity contribution in [3.63, 3.8) is 0 Å². The number of nitrogens with one attached hydrogen (secondary N) is 1. The van der Waals surface area contributed by atoms with Crippen LogP contribution in [-0.2, 0) is 0 Å². The standard InChI is InChI=1S/C15H12BrCl2NO3/c1-8-5-10(18)6-11(16)14(8)22-15(20)19-12-4-3-9(17)7-13(12)21-2/h3-7H,1-2H3,(H,19,20). The number of carbonyl (C=O) groups excluding carboxylic acids is 1. The molecule has 0 aromatic heterocycles. The van der Waals surface area contributed by atoms with E-state index in [9.17, 15) is 4.79 Å². The molecule has 0 bridgehead atoms. The molecule has 0 unspecified atom stereocenters. The third-order valence-electron chi connectivity index (χ3n) is 2.79. The van der Waals surface area contributed by atoms with Gasteiger partial charge in [-0.15, -0.1) is 0 Å². The van der Waals surface area contributed by atoms with Crippen LogP contribution >= 0.6 is 39.1 Å². The van der Waals surface area contributed by atoms with E-state index in [2.05, 4.69) is 21.2 Å². The van der Waals surface area contributed by atoms with E-state index in [0.29, 0.717) is 31.7 Å². The smallest absolute Gasteiger partial charge is 0.417 e. The van der Waals surface area contributed by atoms with Gasteiger partial charge in [0.2, 0.25) is 0 Å². The Bertz CT molecular complexity index is 699. The molecule has 1 N–H and O–H groups in total. The van der Waals surface area contributed by atoms with Crippen LogP contribution in [0.3, 0.4) is 0 Å². The van der Waals surface area contributed by atoms with Crippen molar-refractivity contribution in [1.82, 2.24) is 0 Å². The topological polar surface area (TPSA) is 47.6 Å². The summed E-state index contributed by atoms with van der Waals surface area (Å²) in [6.45, 7) is 1.79. The minimum atomic E-state index is -0.647. The number of halogens is 3. The fourth-order valence-corrected chi connectivity index (χ4v) is 3.02. The second-order valence-corrected chi connectivity index (χ2v) is 6.12. The summed E-state index contributed by atoms with van der Waals surface area (Å²) < 4.78 is 11.1. The van der Waals surface area contributed by atoms with Crippen LogP contribution < -0.4 is 14.8 Å². The summed E-state index contributed by atoms with van der Waals surface area (Å²) in [5.41, 5.74) is 1.19. The second kappa shape index (κ2) is 7.22. The molecule has 116 valence electrons.